The predicted octanol–water partition coefficient (Wildman–Crippen LogP) is 6.91. The Kier molecular flexibility index (Phi) is 20.7. The molecular formula is C24H54O6Si2. The van der Waals surface area contributed by atoms with E-state index >= 15 is 0 Å². The molecule has 0 aromatic carbocycles. The molecule has 0 N–H and O–H groups in total. The molecule has 0 aliphatic heterocycles. The number of hydrogen-bond acceptors (Lipinski definition) is 6. The molecular weight excluding hydrogens is 440 g/mol. The lowest BCUT2D eigenvalue weighted by molar-refractivity contribution is 0.0310. The summed E-state index contributed by atoms with van der Waals surface area (Å²) in [6.07, 6.45) is 12.5. The minimum absolute atomic E-state index is 0.112. The van der Waals surface area contributed by atoms with Crippen LogP contribution in [0.3, 0.4) is 0 Å². The highest BCUT2D eigenvalue weighted by Gasteiger charge is 2.65. The molecule has 0 aromatic rings. The summed E-state index contributed by atoms with van der Waals surface area (Å²) in [7, 11) is -6.15. The molecule has 0 saturated carbocycles. The fraction of sp³-hybridized carbons (Fsp3) is 1.00. The molecule has 0 heterocycles. The molecule has 0 amide bonds. The molecule has 0 unspecified atom stereocenters. The summed E-state index contributed by atoms with van der Waals surface area (Å²) < 4.78 is 38.0. The maximum absolute atomic E-state index is 6.34. The lowest BCUT2D eigenvalue weighted by atomic mass is 10.1. The monoisotopic (exact) mass is 494 g/mol. The van der Waals surface area contributed by atoms with Crippen LogP contribution in [0.4, 0.5) is 0 Å². The number of hydrogen-bond donors (Lipinski definition) is 0. The third-order valence-electron chi connectivity index (χ3n) is 5.52. The second-order valence-electron chi connectivity index (χ2n) is 7.97. The Morgan fingerprint density at radius 1 is 0.406 bits per heavy atom. The van der Waals surface area contributed by atoms with Crippen LogP contribution in [0.1, 0.15) is 113 Å². The predicted molar refractivity (Wildman–Crippen MR) is 137 cm³/mol. The summed E-state index contributed by atoms with van der Waals surface area (Å²) in [5.74, 6) is 0. The Labute approximate surface area is 201 Å². The van der Waals surface area contributed by atoms with Gasteiger partial charge in [-0.15, -0.1) is 0 Å². The molecule has 0 bridgehead atoms. The fourth-order valence-corrected chi connectivity index (χ4v) is 12.8. The second kappa shape index (κ2) is 20.6. The molecule has 194 valence electrons. The molecule has 0 aromatic heterocycles. The average Bonchev–Trinajstić information content (AvgIpc) is 2.76. The Morgan fingerprint density at radius 3 is 0.969 bits per heavy atom. The molecule has 0 fully saturated rings. The molecule has 0 aliphatic carbocycles. The van der Waals surface area contributed by atoms with Gasteiger partial charge in [-0.25, -0.2) is 0 Å². The van der Waals surface area contributed by atoms with E-state index in [2.05, 4.69) is 6.92 Å². The lowest BCUT2D eigenvalue weighted by Crippen LogP contribution is -2.64. The SMILES string of the molecule is CCCCCCCCCCCC([Si](OCC)(OCC)OCC)[Si](OCC)(OCC)OCC. The Bertz CT molecular complexity index is 354. The van der Waals surface area contributed by atoms with Gasteiger partial charge in [-0.1, -0.05) is 64.7 Å². The van der Waals surface area contributed by atoms with E-state index in [0.29, 0.717) is 39.6 Å². The maximum Gasteiger partial charge on any atom is 0.508 e. The van der Waals surface area contributed by atoms with E-state index < -0.39 is 17.6 Å². The van der Waals surface area contributed by atoms with Crippen molar-refractivity contribution in [3.8, 4) is 0 Å². The molecule has 0 atom stereocenters. The molecule has 6 nitrogen and oxygen atoms in total. The van der Waals surface area contributed by atoms with E-state index in [9.17, 15) is 0 Å². The van der Waals surface area contributed by atoms with Crippen molar-refractivity contribution < 1.29 is 26.6 Å². The topological polar surface area (TPSA) is 55.4 Å². The highest BCUT2D eigenvalue weighted by Crippen LogP contribution is 2.41. The smallest absolute Gasteiger partial charge is 0.374 e. The molecule has 0 spiro atoms. The van der Waals surface area contributed by atoms with Gasteiger partial charge in [0.1, 0.15) is 0 Å². The van der Waals surface area contributed by atoms with E-state index in [1.165, 1.54) is 51.4 Å². The van der Waals surface area contributed by atoms with Crippen LogP contribution in [0.25, 0.3) is 0 Å². The van der Waals surface area contributed by atoms with Crippen LogP contribution in [0.15, 0.2) is 0 Å². The van der Waals surface area contributed by atoms with Crippen molar-refractivity contribution in [2.75, 3.05) is 39.6 Å². The highest BCUT2D eigenvalue weighted by atomic mass is 28.5. The van der Waals surface area contributed by atoms with E-state index in [4.69, 9.17) is 26.6 Å². The van der Waals surface area contributed by atoms with Crippen LogP contribution in [0, 0.1) is 0 Å². The first kappa shape index (κ1) is 32.2. The summed E-state index contributed by atoms with van der Waals surface area (Å²) in [5.41, 5.74) is 0. The van der Waals surface area contributed by atoms with Crippen LogP contribution in [0.2, 0.25) is 5.16 Å². The fourth-order valence-electron chi connectivity index (χ4n) is 4.29. The third-order valence-corrected chi connectivity index (χ3v) is 14.1. The molecule has 32 heavy (non-hydrogen) atoms. The van der Waals surface area contributed by atoms with Crippen molar-refractivity contribution >= 4 is 17.6 Å². The normalized spacial score (nSPS) is 12.8. The minimum Gasteiger partial charge on any atom is -0.374 e. The quantitative estimate of drug-likeness (QED) is 0.107. The van der Waals surface area contributed by atoms with Gasteiger partial charge in [0.2, 0.25) is 0 Å². The Hall–Kier alpha value is 0.194. The Balaban J connectivity index is 5.51. The van der Waals surface area contributed by atoms with Gasteiger partial charge in [-0.3, -0.25) is 0 Å². The van der Waals surface area contributed by atoms with E-state index in [1.54, 1.807) is 0 Å². The first-order valence-corrected chi connectivity index (χ1v) is 17.0. The van der Waals surface area contributed by atoms with E-state index in [0.717, 1.165) is 12.8 Å². The zero-order valence-corrected chi connectivity index (χ0v) is 24.3. The van der Waals surface area contributed by atoms with Gasteiger partial charge >= 0.3 is 17.6 Å². The Morgan fingerprint density at radius 2 is 0.688 bits per heavy atom. The minimum atomic E-state index is -3.08. The van der Waals surface area contributed by atoms with Crippen molar-refractivity contribution in [1.82, 2.24) is 0 Å². The summed E-state index contributed by atoms with van der Waals surface area (Å²) in [4.78, 5) is 0. The molecule has 0 rings (SSSR count). The van der Waals surface area contributed by atoms with Crippen LogP contribution in [0.5, 0.6) is 0 Å². The summed E-state index contributed by atoms with van der Waals surface area (Å²) in [6.45, 7) is 17.5. The van der Waals surface area contributed by atoms with Gasteiger partial charge in [-0.2, -0.15) is 0 Å². The van der Waals surface area contributed by atoms with Crippen LogP contribution in [-0.2, 0) is 26.6 Å². The lowest BCUT2D eigenvalue weighted by Gasteiger charge is -2.42. The van der Waals surface area contributed by atoms with Gasteiger partial charge in [0.15, 0.2) is 0 Å². The van der Waals surface area contributed by atoms with Crippen molar-refractivity contribution in [3.05, 3.63) is 0 Å². The number of rotatable bonds is 24. The molecule has 0 radical (unpaired) electrons. The standard InChI is InChI=1S/C24H54O6Si2/c1-8-15-16-17-18-19-20-21-22-23-24(31(25-9-2,26-10-3)27-11-4)32(28-12-5,29-13-6)30-14-7/h24H,8-23H2,1-7H3. The molecule has 8 heteroatoms. The van der Waals surface area contributed by atoms with Gasteiger partial charge in [0, 0.05) is 39.6 Å². The van der Waals surface area contributed by atoms with Crippen molar-refractivity contribution in [3.63, 3.8) is 0 Å². The van der Waals surface area contributed by atoms with Crippen LogP contribution < -0.4 is 0 Å². The third kappa shape index (κ3) is 11.6. The number of unbranched alkanes of at least 4 members (excludes halogenated alkanes) is 8. The first-order valence-electron chi connectivity index (χ1n) is 13.4. The maximum atomic E-state index is 6.34. The average molecular weight is 495 g/mol. The second-order valence-corrected chi connectivity index (χ2v) is 14.1. The zero-order valence-electron chi connectivity index (χ0n) is 22.3. The van der Waals surface area contributed by atoms with Gasteiger partial charge in [0.25, 0.3) is 0 Å². The molecule has 0 aliphatic rings. The van der Waals surface area contributed by atoms with Crippen molar-refractivity contribution in [1.29, 1.82) is 0 Å². The summed E-state index contributed by atoms with van der Waals surface area (Å²) in [6, 6.07) is 0. The first-order chi connectivity index (χ1) is 15.6. The van der Waals surface area contributed by atoms with Gasteiger partial charge in [-0.05, 0) is 48.0 Å². The van der Waals surface area contributed by atoms with Gasteiger partial charge < -0.3 is 26.6 Å². The highest BCUT2D eigenvalue weighted by molar-refractivity contribution is 6.82. The van der Waals surface area contributed by atoms with Gasteiger partial charge in [0.05, 0.1) is 5.16 Å². The van der Waals surface area contributed by atoms with E-state index in [1.807, 2.05) is 41.5 Å². The zero-order chi connectivity index (χ0) is 24.1. The van der Waals surface area contributed by atoms with Crippen molar-refractivity contribution in [2.24, 2.45) is 0 Å². The summed E-state index contributed by atoms with van der Waals surface area (Å²) >= 11 is 0. The van der Waals surface area contributed by atoms with E-state index in [-0.39, 0.29) is 5.16 Å². The van der Waals surface area contributed by atoms with Crippen LogP contribution in [-0.4, -0.2) is 57.3 Å². The molecule has 0 saturated heterocycles. The summed E-state index contributed by atoms with van der Waals surface area (Å²) in [5, 5.41) is -0.112. The van der Waals surface area contributed by atoms with Crippen LogP contribution >= 0.6 is 0 Å². The largest absolute Gasteiger partial charge is 0.508 e. The van der Waals surface area contributed by atoms with Crippen molar-refractivity contribution in [2.45, 2.75) is 118 Å².